The van der Waals surface area contributed by atoms with Gasteiger partial charge in [0.2, 0.25) is 0 Å². The van der Waals surface area contributed by atoms with Gasteiger partial charge in [0.05, 0.1) is 19.9 Å². The summed E-state index contributed by atoms with van der Waals surface area (Å²) in [7, 11) is 1.46. The molecule has 0 aliphatic carbocycles. The van der Waals surface area contributed by atoms with Crippen LogP contribution in [0.15, 0.2) is 44.4 Å². The Morgan fingerprint density at radius 3 is 2.60 bits per heavy atom. The quantitative estimate of drug-likeness (QED) is 0.443. The Hall–Kier alpha value is -2.06. The van der Waals surface area contributed by atoms with Crippen LogP contribution < -0.4 is 15.5 Å². The van der Waals surface area contributed by atoms with E-state index in [2.05, 4.69) is 47.7 Å². The molecule has 8 heteroatoms. The molecule has 3 N–H and O–H groups in total. The predicted octanol–water partition coefficient (Wildman–Crippen LogP) is 3.80. The standard InChI is InChI=1S/C17H17Br2N3O3/c1-10-13(18)6-12(7-14(10)19)20-9-17(24)22-21-8-11-3-4-15(23)16(5-11)25-2/h3-8,20,23H,9H2,1-2H3,(H,22,24). The maximum Gasteiger partial charge on any atom is 0.259 e. The summed E-state index contributed by atoms with van der Waals surface area (Å²) in [6.45, 7) is 2.07. The Balaban J connectivity index is 1.88. The molecule has 0 saturated carbocycles. The van der Waals surface area contributed by atoms with Crippen LogP contribution >= 0.6 is 31.9 Å². The van der Waals surface area contributed by atoms with Crippen molar-refractivity contribution in [3.63, 3.8) is 0 Å². The monoisotopic (exact) mass is 469 g/mol. The fourth-order valence-electron chi connectivity index (χ4n) is 1.92. The second kappa shape index (κ2) is 8.87. The van der Waals surface area contributed by atoms with Crippen LogP contribution in [0.5, 0.6) is 11.5 Å². The van der Waals surface area contributed by atoms with Crippen molar-refractivity contribution in [3.8, 4) is 11.5 Å². The zero-order valence-electron chi connectivity index (χ0n) is 13.6. The van der Waals surface area contributed by atoms with Crippen molar-refractivity contribution in [1.82, 2.24) is 5.43 Å². The molecule has 2 aromatic rings. The lowest BCUT2D eigenvalue weighted by Gasteiger charge is -2.09. The maximum atomic E-state index is 11.8. The van der Waals surface area contributed by atoms with Gasteiger partial charge in [0.1, 0.15) is 0 Å². The number of nitrogens with zero attached hydrogens (tertiary/aromatic N) is 1. The van der Waals surface area contributed by atoms with Crippen molar-refractivity contribution in [3.05, 3.63) is 50.4 Å². The van der Waals surface area contributed by atoms with Crippen molar-refractivity contribution in [1.29, 1.82) is 0 Å². The molecular formula is C17H17Br2N3O3. The van der Waals surface area contributed by atoms with E-state index in [9.17, 15) is 9.90 Å². The van der Waals surface area contributed by atoms with Gasteiger partial charge in [0, 0.05) is 14.6 Å². The summed E-state index contributed by atoms with van der Waals surface area (Å²) in [5, 5.41) is 16.4. The smallest absolute Gasteiger partial charge is 0.259 e. The topological polar surface area (TPSA) is 83.0 Å². The highest BCUT2D eigenvalue weighted by Gasteiger charge is 2.05. The van der Waals surface area contributed by atoms with Gasteiger partial charge in [-0.1, -0.05) is 31.9 Å². The Bertz CT molecular complexity index is 787. The highest BCUT2D eigenvalue weighted by molar-refractivity contribution is 9.11. The van der Waals surface area contributed by atoms with Crippen molar-refractivity contribution in [2.24, 2.45) is 5.10 Å². The molecule has 0 spiro atoms. The molecule has 0 aromatic heterocycles. The van der Waals surface area contributed by atoms with E-state index >= 15 is 0 Å². The Morgan fingerprint density at radius 1 is 1.28 bits per heavy atom. The minimum Gasteiger partial charge on any atom is -0.504 e. The van der Waals surface area contributed by atoms with Gasteiger partial charge in [0.15, 0.2) is 11.5 Å². The van der Waals surface area contributed by atoms with E-state index in [0.29, 0.717) is 11.3 Å². The fraction of sp³-hybridized carbons (Fsp3) is 0.176. The van der Waals surface area contributed by atoms with Crippen LogP contribution in [0.1, 0.15) is 11.1 Å². The number of benzene rings is 2. The van der Waals surface area contributed by atoms with Crippen molar-refractivity contribution >= 4 is 49.7 Å². The van der Waals surface area contributed by atoms with Gasteiger partial charge in [-0.2, -0.15) is 5.10 Å². The summed E-state index contributed by atoms with van der Waals surface area (Å²) in [6.07, 6.45) is 1.47. The second-order valence-electron chi connectivity index (χ2n) is 5.14. The highest BCUT2D eigenvalue weighted by atomic mass is 79.9. The number of anilines is 1. The van der Waals surface area contributed by atoms with E-state index in [1.54, 1.807) is 12.1 Å². The SMILES string of the molecule is COc1cc(C=NNC(=O)CNc2cc(Br)c(C)c(Br)c2)ccc1O. The number of ether oxygens (including phenoxy) is 1. The number of hydrazone groups is 1. The number of hydrogen-bond acceptors (Lipinski definition) is 5. The van der Waals surface area contributed by atoms with E-state index < -0.39 is 0 Å². The molecule has 0 fully saturated rings. The van der Waals surface area contributed by atoms with Gasteiger partial charge in [-0.3, -0.25) is 4.79 Å². The lowest BCUT2D eigenvalue weighted by atomic mass is 10.2. The van der Waals surface area contributed by atoms with Crippen LogP contribution in [-0.4, -0.2) is 30.9 Å². The van der Waals surface area contributed by atoms with Crippen molar-refractivity contribution < 1.29 is 14.6 Å². The van der Waals surface area contributed by atoms with Crippen LogP contribution in [0, 0.1) is 6.92 Å². The Labute approximate surface area is 162 Å². The number of phenolic OH excluding ortho intramolecular Hbond substituents is 1. The number of carbonyl (C=O) groups excluding carboxylic acids is 1. The number of methoxy groups -OCH3 is 1. The average molecular weight is 471 g/mol. The first-order valence-electron chi connectivity index (χ1n) is 7.29. The van der Waals surface area contributed by atoms with Gasteiger partial charge in [-0.25, -0.2) is 5.43 Å². The molecule has 6 nitrogen and oxygen atoms in total. The summed E-state index contributed by atoms with van der Waals surface area (Å²) in [5.41, 5.74) is 5.02. The van der Waals surface area contributed by atoms with Gasteiger partial charge in [-0.15, -0.1) is 0 Å². The van der Waals surface area contributed by atoms with Gasteiger partial charge in [-0.05, 0) is 48.4 Å². The molecule has 0 saturated heterocycles. The molecular weight excluding hydrogens is 454 g/mol. The maximum absolute atomic E-state index is 11.8. The molecule has 1 amide bonds. The molecule has 0 heterocycles. The largest absolute Gasteiger partial charge is 0.504 e. The lowest BCUT2D eigenvalue weighted by Crippen LogP contribution is -2.25. The molecule has 0 atom stereocenters. The van der Waals surface area contributed by atoms with Crippen LogP contribution in [0.25, 0.3) is 0 Å². The number of halogens is 2. The highest BCUT2D eigenvalue weighted by Crippen LogP contribution is 2.28. The Kier molecular flexibility index (Phi) is 6.83. The zero-order valence-corrected chi connectivity index (χ0v) is 16.8. The van der Waals surface area contributed by atoms with Crippen molar-refractivity contribution in [2.75, 3.05) is 19.0 Å². The third-order valence-electron chi connectivity index (χ3n) is 3.34. The first-order valence-corrected chi connectivity index (χ1v) is 8.87. The number of phenols is 1. The predicted molar refractivity (Wildman–Crippen MR) is 105 cm³/mol. The number of hydrogen-bond donors (Lipinski definition) is 3. The van der Waals surface area contributed by atoms with Gasteiger partial charge >= 0.3 is 0 Å². The summed E-state index contributed by atoms with van der Waals surface area (Å²) < 4.78 is 6.91. The van der Waals surface area contributed by atoms with E-state index in [-0.39, 0.29) is 18.2 Å². The molecule has 25 heavy (non-hydrogen) atoms. The van der Waals surface area contributed by atoms with Crippen LogP contribution in [0.2, 0.25) is 0 Å². The minimum absolute atomic E-state index is 0.0447. The Morgan fingerprint density at radius 2 is 1.96 bits per heavy atom. The fourth-order valence-corrected chi connectivity index (χ4v) is 3.11. The molecule has 0 unspecified atom stereocenters. The molecule has 0 radical (unpaired) electrons. The normalized spacial score (nSPS) is 10.7. The van der Waals surface area contributed by atoms with E-state index in [1.807, 2.05) is 19.1 Å². The minimum atomic E-state index is -0.283. The first kappa shape index (κ1) is 19.3. The van der Waals surface area contributed by atoms with E-state index in [1.165, 1.54) is 19.4 Å². The van der Waals surface area contributed by atoms with E-state index in [0.717, 1.165) is 20.2 Å². The summed E-state index contributed by atoms with van der Waals surface area (Å²) in [5.74, 6) is 0.102. The number of amides is 1. The summed E-state index contributed by atoms with van der Waals surface area (Å²) in [4.78, 5) is 11.8. The lowest BCUT2D eigenvalue weighted by molar-refractivity contribution is -0.119. The molecule has 132 valence electrons. The van der Waals surface area contributed by atoms with Gasteiger partial charge < -0.3 is 15.2 Å². The molecule has 0 bridgehead atoms. The third kappa shape index (κ3) is 5.47. The van der Waals surface area contributed by atoms with Gasteiger partial charge in [0.25, 0.3) is 5.91 Å². The molecule has 0 aliphatic heterocycles. The second-order valence-corrected chi connectivity index (χ2v) is 6.85. The number of rotatable bonds is 6. The summed E-state index contributed by atoms with van der Waals surface area (Å²) >= 11 is 6.93. The molecule has 0 aliphatic rings. The summed E-state index contributed by atoms with van der Waals surface area (Å²) in [6, 6.07) is 8.58. The van der Waals surface area contributed by atoms with Crippen LogP contribution in [0.3, 0.4) is 0 Å². The number of aromatic hydroxyl groups is 1. The first-order chi connectivity index (χ1) is 11.9. The molecule has 2 rings (SSSR count). The number of nitrogens with one attached hydrogen (secondary N) is 2. The molecule has 2 aromatic carbocycles. The average Bonchev–Trinajstić information content (AvgIpc) is 2.59. The number of carbonyl (C=O) groups is 1. The van der Waals surface area contributed by atoms with Crippen LogP contribution in [0.4, 0.5) is 5.69 Å². The van der Waals surface area contributed by atoms with E-state index in [4.69, 9.17) is 4.74 Å². The zero-order chi connectivity index (χ0) is 18.4. The van der Waals surface area contributed by atoms with Crippen molar-refractivity contribution in [2.45, 2.75) is 6.92 Å². The third-order valence-corrected chi connectivity index (χ3v) is 4.99. The van der Waals surface area contributed by atoms with Crippen LogP contribution in [-0.2, 0) is 4.79 Å².